The fraction of sp³-hybridized carbons (Fsp3) is 0.286. The van der Waals surface area contributed by atoms with E-state index >= 15 is 0 Å². The predicted octanol–water partition coefficient (Wildman–Crippen LogP) is 4.36. The number of nitrogens with one attached hydrogen (secondary N) is 1. The standard InChI is InChI=1S/C28H32N6O/c1-3-31-17-19-32(20-18-31)21-23-11-13-24(14-12-23)29-27(35)26-22(2)30-34(25-9-5-4-6-10-25)28(26)33-15-7-8-16-33/h4-16H,3,17-21H2,1-2H3,(H,29,35). The quantitative estimate of drug-likeness (QED) is 0.438. The van der Waals surface area contributed by atoms with Crippen molar-refractivity contribution < 1.29 is 4.79 Å². The van der Waals surface area contributed by atoms with E-state index in [9.17, 15) is 4.79 Å². The molecule has 0 aliphatic carbocycles. The highest BCUT2D eigenvalue weighted by Crippen LogP contribution is 2.24. The molecule has 0 radical (unpaired) electrons. The average Bonchev–Trinajstić information content (AvgIpc) is 3.54. The minimum absolute atomic E-state index is 0.170. The van der Waals surface area contributed by atoms with Crippen LogP contribution in [0.3, 0.4) is 0 Å². The molecule has 0 atom stereocenters. The fourth-order valence-corrected chi connectivity index (χ4v) is 4.65. The minimum Gasteiger partial charge on any atom is -0.322 e. The topological polar surface area (TPSA) is 58.3 Å². The van der Waals surface area contributed by atoms with Crippen LogP contribution >= 0.6 is 0 Å². The summed E-state index contributed by atoms with van der Waals surface area (Å²) in [6.07, 6.45) is 3.86. The first kappa shape index (κ1) is 23.1. The molecule has 1 amide bonds. The summed E-state index contributed by atoms with van der Waals surface area (Å²) in [5.74, 6) is 0.552. The molecule has 0 unspecified atom stereocenters. The van der Waals surface area contributed by atoms with Crippen LogP contribution in [-0.2, 0) is 6.54 Å². The zero-order chi connectivity index (χ0) is 24.2. The third-order valence-electron chi connectivity index (χ3n) is 6.64. The normalized spacial score (nSPS) is 14.8. The van der Waals surface area contributed by atoms with Crippen LogP contribution in [-0.4, -0.2) is 62.8 Å². The van der Waals surface area contributed by atoms with Gasteiger partial charge in [-0.1, -0.05) is 37.3 Å². The number of carbonyl (C=O) groups excluding carboxylic acids is 1. The van der Waals surface area contributed by atoms with Gasteiger partial charge in [-0.05, 0) is 55.4 Å². The molecule has 2 aromatic carbocycles. The Morgan fingerprint density at radius 2 is 1.54 bits per heavy atom. The van der Waals surface area contributed by atoms with Crippen LogP contribution in [0.5, 0.6) is 0 Å². The number of nitrogens with zero attached hydrogens (tertiary/aromatic N) is 5. The van der Waals surface area contributed by atoms with Gasteiger partial charge in [-0.3, -0.25) is 9.69 Å². The summed E-state index contributed by atoms with van der Waals surface area (Å²) in [5, 5.41) is 7.80. The van der Waals surface area contributed by atoms with Crippen molar-refractivity contribution in [1.29, 1.82) is 0 Å². The number of para-hydroxylation sites is 1. The maximum absolute atomic E-state index is 13.5. The first-order valence-corrected chi connectivity index (χ1v) is 12.3. The van der Waals surface area contributed by atoms with Gasteiger partial charge in [0.05, 0.1) is 11.4 Å². The van der Waals surface area contributed by atoms with Gasteiger partial charge in [0.25, 0.3) is 5.91 Å². The van der Waals surface area contributed by atoms with Crippen molar-refractivity contribution in [3.05, 3.63) is 95.9 Å². The number of carbonyl (C=O) groups is 1. The van der Waals surface area contributed by atoms with Crippen molar-refractivity contribution in [2.45, 2.75) is 20.4 Å². The van der Waals surface area contributed by atoms with Crippen LogP contribution in [0.15, 0.2) is 79.1 Å². The highest BCUT2D eigenvalue weighted by molar-refractivity contribution is 6.07. The van der Waals surface area contributed by atoms with E-state index in [2.05, 4.69) is 34.2 Å². The number of hydrogen-bond acceptors (Lipinski definition) is 4. The van der Waals surface area contributed by atoms with Crippen molar-refractivity contribution in [2.24, 2.45) is 0 Å². The summed E-state index contributed by atoms with van der Waals surface area (Å²) in [4.78, 5) is 18.4. The van der Waals surface area contributed by atoms with Gasteiger partial charge in [-0.15, -0.1) is 0 Å². The molecule has 1 saturated heterocycles. The lowest BCUT2D eigenvalue weighted by atomic mass is 10.1. The molecule has 1 aliphatic heterocycles. The molecule has 35 heavy (non-hydrogen) atoms. The van der Waals surface area contributed by atoms with E-state index in [0.717, 1.165) is 56.5 Å². The molecule has 0 spiro atoms. The Kier molecular flexibility index (Phi) is 6.79. The molecule has 1 N–H and O–H groups in total. The van der Waals surface area contributed by atoms with Gasteiger partial charge in [0.15, 0.2) is 5.82 Å². The zero-order valence-corrected chi connectivity index (χ0v) is 20.4. The van der Waals surface area contributed by atoms with E-state index in [1.165, 1.54) is 5.56 Å². The van der Waals surface area contributed by atoms with Gasteiger partial charge in [0, 0.05) is 50.8 Å². The lowest BCUT2D eigenvalue weighted by molar-refractivity contribution is 0.102. The van der Waals surface area contributed by atoms with Crippen molar-refractivity contribution in [3.63, 3.8) is 0 Å². The Hall–Kier alpha value is -3.68. The first-order valence-electron chi connectivity index (χ1n) is 12.3. The SMILES string of the molecule is CCN1CCN(Cc2ccc(NC(=O)c3c(C)nn(-c4ccccc4)c3-n3cccc3)cc2)CC1. The molecule has 0 bridgehead atoms. The van der Waals surface area contributed by atoms with E-state index in [1.54, 1.807) is 0 Å². The summed E-state index contributed by atoms with van der Waals surface area (Å²) < 4.78 is 3.76. The predicted molar refractivity (Wildman–Crippen MR) is 139 cm³/mol. The lowest BCUT2D eigenvalue weighted by Gasteiger charge is -2.34. The molecule has 7 heteroatoms. The van der Waals surface area contributed by atoms with E-state index in [4.69, 9.17) is 5.10 Å². The number of rotatable bonds is 7. The smallest absolute Gasteiger partial charge is 0.261 e. The molecule has 3 heterocycles. The maximum Gasteiger partial charge on any atom is 0.261 e. The molecule has 1 fully saturated rings. The summed E-state index contributed by atoms with van der Waals surface area (Å²) in [6.45, 7) is 10.6. The summed E-state index contributed by atoms with van der Waals surface area (Å²) in [6, 6.07) is 22.0. The number of aryl methyl sites for hydroxylation is 1. The summed E-state index contributed by atoms with van der Waals surface area (Å²) in [7, 11) is 0. The highest BCUT2D eigenvalue weighted by Gasteiger charge is 2.24. The van der Waals surface area contributed by atoms with Crippen LogP contribution < -0.4 is 5.32 Å². The Bertz CT molecular complexity index is 1250. The van der Waals surface area contributed by atoms with Gasteiger partial charge >= 0.3 is 0 Å². The number of likely N-dealkylation sites (N-methyl/N-ethyl adjacent to an activating group) is 1. The monoisotopic (exact) mass is 468 g/mol. The zero-order valence-electron chi connectivity index (χ0n) is 20.4. The van der Waals surface area contributed by atoms with Gasteiger partial charge in [0.2, 0.25) is 0 Å². The van der Waals surface area contributed by atoms with Crippen LogP contribution in [0.25, 0.3) is 11.5 Å². The number of piperazine rings is 1. The molecule has 5 rings (SSSR count). The van der Waals surface area contributed by atoms with Crippen LogP contribution in [0.4, 0.5) is 5.69 Å². The van der Waals surface area contributed by atoms with E-state index in [1.807, 2.05) is 83.2 Å². The summed E-state index contributed by atoms with van der Waals surface area (Å²) in [5.41, 5.74) is 4.18. The number of anilines is 1. The fourth-order valence-electron chi connectivity index (χ4n) is 4.65. The number of benzene rings is 2. The molecule has 1 aliphatic rings. The average molecular weight is 469 g/mol. The third-order valence-corrected chi connectivity index (χ3v) is 6.64. The number of amides is 1. The second-order valence-electron chi connectivity index (χ2n) is 8.98. The lowest BCUT2D eigenvalue weighted by Crippen LogP contribution is -2.45. The van der Waals surface area contributed by atoms with Crippen molar-refractivity contribution in [3.8, 4) is 11.5 Å². The molecule has 180 valence electrons. The Morgan fingerprint density at radius 1 is 0.886 bits per heavy atom. The molecule has 4 aromatic rings. The number of hydrogen-bond donors (Lipinski definition) is 1. The summed E-state index contributed by atoms with van der Waals surface area (Å²) >= 11 is 0. The van der Waals surface area contributed by atoms with Crippen LogP contribution in [0.2, 0.25) is 0 Å². The van der Waals surface area contributed by atoms with E-state index in [-0.39, 0.29) is 5.91 Å². The second-order valence-corrected chi connectivity index (χ2v) is 8.98. The van der Waals surface area contributed by atoms with Gasteiger partial charge < -0.3 is 14.8 Å². The molecule has 0 saturated carbocycles. The highest BCUT2D eigenvalue weighted by atomic mass is 16.1. The van der Waals surface area contributed by atoms with Crippen molar-refractivity contribution in [2.75, 3.05) is 38.0 Å². The Labute approximate surface area is 206 Å². The first-order chi connectivity index (χ1) is 17.1. The molecular weight excluding hydrogens is 436 g/mol. The molecular formula is C28H32N6O. The van der Waals surface area contributed by atoms with Crippen molar-refractivity contribution in [1.82, 2.24) is 24.1 Å². The largest absolute Gasteiger partial charge is 0.322 e. The van der Waals surface area contributed by atoms with Crippen LogP contribution in [0.1, 0.15) is 28.5 Å². The number of aromatic nitrogens is 3. The molecule has 2 aromatic heterocycles. The van der Waals surface area contributed by atoms with E-state index < -0.39 is 0 Å². The molecule has 7 nitrogen and oxygen atoms in total. The van der Waals surface area contributed by atoms with Gasteiger partial charge in [-0.25, -0.2) is 4.68 Å². The second kappa shape index (κ2) is 10.3. The van der Waals surface area contributed by atoms with Crippen molar-refractivity contribution >= 4 is 11.6 Å². The maximum atomic E-state index is 13.5. The van der Waals surface area contributed by atoms with Crippen LogP contribution in [0, 0.1) is 6.92 Å². The Balaban J connectivity index is 1.34. The third kappa shape index (κ3) is 5.06. The van der Waals surface area contributed by atoms with Gasteiger partial charge in [0.1, 0.15) is 5.56 Å². The minimum atomic E-state index is -0.170. The Morgan fingerprint density at radius 3 is 2.20 bits per heavy atom. The van der Waals surface area contributed by atoms with Gasteiger partial charge in [-0.2, -0.15) is 5.10 Å². The van der Waals surface area contributed by atoms with E-state index in [0.29, 0.717) is 11.3 Å².